The molecule has 3 rings (SSSR count). The molecule has 7 heteroatoms. The second kappa shape index (κ2) is 9.07. The molecule has 1 saturated heterocycles. The first-order valence-corrected chi connectivity index (χ1v) is 11.5. The summed E-state index contributed by atoms with van der Waals surface area (Å²) in [6, 6.07) is 19.7. The van der Waals surface area contributed by atoms with Crippen LogP contribution >= 0.6 is 0 Å². The van der Waals surface area contributed by atoms with Gasteiger partial charge in [-0.05, 0) is 25.0 Å². The predicted octanol–water partition coefficient (Wildman–Crippen LogP) is 3.30. The van der Waals surface area contributed by atoms with Crippen LogP contribution in [0.1, 0.15) is 37.4 Å². The summed E-state index contributed by atoms with van der Waals surface area (Å²) in [4.78, 5) is 14.4. The summed E-state index contributed by atoms with van der Waals surface area (Å²) in [6.45, 7) is 4.31. The lowest BCUT2D eigenvalue weighted by molar-refractivity contribution is -0.144. The monoisotopic (exact) mass is 417 g/mol. The van der Waals surface area contributed by atoms with Crippen molar-refractivity contribution < 1.29 is 22.1 Å². The molecule has 1 heterocycles. The first kappa shape index (κ1) is 21.5. The van der Waals surface area contributed by atoms with Gasteiger partial charge in [0.15, 0.2) is 0 Å². The Balaban J connectivity index is 1.93. The van der Waals surface area contributed by atoms with Crippen LogP contribution in [0.3, 0.4) is 0 Å². The summed E-state index contributed by atoms with van der Waals surface area (Å²) in [6.07, 6.45) is -0.259. The van der Waals surface area contributed by atoms with Crippen LogP contribution in [0.5, 0.6) is 0 Å². The van der Waals surface area contributed by atoms with Crippen LogP contribution in [0.25, 0.3) is 0 Å². The Kier molecular flexibility index (Phi) is 6.72. The molecule has 0 spiro atoms. The van der Waals surface area contributed by atoms with E-state index in [0.29, 0.717) is 6.54 Å². The van der Waals surface area contributed by atoms with E-state index in [9.17, 15) is 13.2 Å². The second-order valence-electron chi connectivity index (χ2n) is 7.48. The molecule has 1 fully saturated rings. The normalized spacial score (nSPS) is 21.7. The lowest BCUT2D eigenvalue weighted by Crippen LogP contribution is -2.47. The van der Waals surface area contributed by atoms with Gasteiger partial charge in [0.1, 0.15) is 12.2 Å². The number of hydrogen-bond donors (Lipinski definition) is 0. The molecule has 2 aromatic carbocycles. The van der Waals surface area contributed by atoms with Gasteiger partial charge in [0.05, 0.1) is 18.7 Å². The van der Waals surface area contributed by atoms with Crippen LogP contribution in [-0.2, 0) is 30.4 Å². The maximum atomic E-state index is 12.2. The zero-order chi connectivity index (χ0) is 21.0. The number of nitrogens with zero attached hydrogens (tertiary/aromatic N) is 1. The quantitative estimate of drug-likeness (QED) is 0.485. The number of hydrogen-bond acceptors (Lipinski definition) is 6. The molecule has 156 valence electrons. The molecular weight excluding hydrogens is 390 g/mol. The molecule has 0 bridgehead atoms. The third-order valence-electron chi connectivity index (χ3n) is 5.23. The Morgan fingerprint density at radius 2 is 1.66 bits per heavy atom. The van der Waals surface area contributed by atoms with Crippen molar-refractivity contribution in [2.45, 2.75) is 51.1 Å². The Labute approximate surface area is 172 Å². The van der Waals surface area contributed by atoms with Gasteiger partial charge in [0.25, 0.3) is 10.1 Å². The molecule has 0 aliphatic carbocycles. The lowest BCUT2D eigenvalue weighted by Gasteiger charge is -2.37. The molecule has 0 N–H and O–H groups in total. The SMILES string of the molecule is C[C@H](c1ccccc1)N(Cc1ccccc1)[C@H]1CC(=O)O[C@H]1[C@@H](C)OS(C)(=O)=O. The van der Waals surface area contributed by atoms with Crippen molar-refractivity contribution in [1.29, 1.82) is 0 Å². The van der Waals surface area contributed by atoms with Crippen molar-refractivity contribution in [3.63, 3.8) is 0 Å². The van der Waals surface area contributed by atoms with Crippen molar-refractivity contribution in [2.75, 3.05) is 6.26 Å². The zero-order valence-electron chi connectivity index (χ0n) is 16.9. The maximum Gasteiger partial charge on any atom is 0.307 e. The summed E-state index contributed by atoms with van der Waals surface area (Å²) in [5.41, 5.74) is 2.21. The number of benzene rings is 2. The highest BCUT2D eigenvalue weighted by molar-refractivity contribution is 7.86. The van der Waals surface area contributed by atoms with Crippen molar-refractivity contribution in [3.8, 4) is 0 Å². The fraction of sp³-hybridized carbons (Fsp3) is 0.409. The highest BCUT2D eigenvalue weighted by Crippen LogP contribution is 2.33. The van der Waals surface area contributed by atoms with Gasteiger partial charge in [-0.15, -0.1) is 0 Å². The molecule has 0 aromatic heterocycles. The summed E-state index contributed by atoms with van der Waals surface area (Å²) in [7, 11) is -3.67. The van der Waals surface area contributed by atoms with Gasteiger partial charge in [-0.25, -0.2) is 0 Å². The summed E-state index contributed by atoms with van der Waals surface area (Å²) in [5, 5.41) is 0. The number of cyclic esters (lactones) is 1. The Bertz CT molecular complexity index is 917. The highest BCUT2D eigenvalue weighted by Gasteiger charge is 2.44. The molecule has 29 heavy (non-hydrogen) atoms. The Morgan fingerprint density at radius 3 is 2.24 bits per heavy atom. The fourth-order valence-corrected chi connectivity index (χ4v) is 4.53. The van der Waals surface area contributed by atoms with E-state index in [1.165, 1.54) is 0 Å². The van der Waals surface area contributed by atoms with Gasteiger partial charge in [0.2, 0.25) is 0 Å². The molecule has 0 amide bonds. The lowest BCUT2D eigenvalue weighted by atomic mass is 9.98. The van der Waals surface area contributed by atoms with E-state index < -0.39 is 22.3 Å². The van der Waals surface area contributed by atoms with Crippen LogP contribution in [0.2, 0.25) is 0 Å². The van der Waals surface area contributed by atoms with E-state index in [1.807, 2.05) is 60.7 Å². The van der Waals surface area contributed by atoms with Crippen LogP contribution in [-0.4, -0.2) is 43.8 Å². The minimum Gasteiger partial charge on any atom is -0.458 e. The molecular formula is C22H27NO5S. The number of rotatable bonds is 8. The van der Waals surface area contributed by atoms with Gasteiger partial charge >= 0.3 is 5.97 Å². The van der Waals surface area contributed by atoms with Gasteiger partial charge in [-0.2, -0.15) is 8.42 Å². The van der Waals surface area contributed by atoms with Gasteiger partial charge in [0, 0.05) is 12.6 Å². The van der Waals surface area contributed by atoms with Crippen molar-refractivity contribution in [3.05, 3.63) is 71.8 Å². The van der Waals surface area contributed by atoms with Crippen LogP contribution in [0.15, 0.2) is 60.7 Å². The topological polar surface area (TPSA) is 72.9 Å². The minimum atomic E-state index is -3.67. The zero-order valence-corrected chi connectivity index (χ0v) is 17.7. The molecule has 6 nitrogen and oxygen atoms in total. The number of ether oxygens (including phenoxy) is 1. The summed E-state index contributed by atoms with van der Waals surface area (Å²) >= 11 is 0. The number of esters is 1. The predicted molar refractivity (Wildman–Crippen MR) is 111 cm³/mol. The minimum absolute atomic E-state index is 0.0103. The van der Waals surface area contributed by atoms with E-state index in [2.05, 4.69) is 11.8 Å². The molecule has 0 saturated carbocycles. The largest absolute Gasteiger partial charge is 0.458 e. The molecule has 0 unspecified atom stereocenters. The number of carbonyl (C=O) groups excluding carboxylic acids is 1. The first-order valence-electron chi connectivity index (χ1n) is 9.67. The van der Waals surface area contributed by atoms with E-state index in [4.69, 9.17) is 8.92 Å². The van der Waals surface area contributed by atoms with Gasteiger partial charge in [-0.1, -0.05) is 60.7 Å². The molecule has 1 aliphatic heterocycles. The standard InChI is InChI=1S/C22H27NO5S/c1-16(19-12-8-5-9-13-19)23(15-18-10-6-4-7-11-18)20-14-21(24)27-22(20)17(2)28-29(3,25)26/h4-13,16-17,20,22H,14-15H2,1-3H3/t16-,17-,20+,22+/m1/s1. The fourth-order valence-electron chi connectivity index (χ4n) is 3.87. The van der Waals surface area contributed by atoms with E-state index >= 15 is 0 Å². The Hall–Kier alpha value is -2.22. The highest BCUT2D eigenvalue weighted by atomic mass is 32.2. The second-order valence-corrected chi connectivity index (χ2v) is 9.08. The number of carbonyl (C=O) groups is 1. The average Bonchev–Trinajstić information content (AvgIpc) is 3.07. The van der Waals surface area contributed by atoms with Gasteiger partial charge < -0.3 is 4.74 Å². The Morgan fingerprint density at radius 1 is 1.07 bits per heavy atom. The summed E-state index contributed by atoms with van der Waals surface area (Å²) < 4.78 is 33.9. The molecule has 2 aromatic rings. The van der Waals surface area contributed by atoms with Crippen molar-refractivity contribution in [2.24, 2.45) is 0 Å². The summed E-state index contributed by atoms with van der Waals surface area (Å²) in [5.74, 6) is -0.345. The van der Waals surface area contributed by atoms with Crippen LogP contribution < -0.4 is 0 Å². The average molecular weight is 418 g/mol. The molecule has 1 aliphatic rings. The van der Waals surface area contributed by atoms with Gasteiger partial charge in [-0.3, -0.25) is 13.9 Å². The van der Waals surface area contributed by atoms with Crippen molar-refractivity contribution >= 4 is 16.1 Å². The third-order valence-corrected chi connectivity index (χ3v) is 5.88. The molecule has 0 radical (unpaired) electrons. The van der Waals surface area contributed by atoms with Crippen LogP contribution in [0, 0.1) is 0 Å². The van der Waals surface area contributed by atoms with E-state index in [0.717, 1.165) is 17.4 Å². The first-order chi connectivity index (χ1) is 13.7. The third kappa shape index (κ3) is 5.65. The van der Waals surface area contributed by atoms with E-state index in [-0.39, 0.29) is 24.5 Å². The maximum absolute atomic E-state index is 12.2. The van der Waals surface area contributed by atoms with Crippen LogP contribution in [0.4, 0.5) is 0 Å². The smallest absolute Gasteiger partial charge is 0.307 e. The van der Waals surface area contributed by atoms with E-state index in [1.54, 1.807) is 6.92 Å². The van der Waals surface area contributed by atoms with Crippen molar-refractivity contribution in [1.82, 2.24) is 4.90 Å². The molecule has 4 atom stereocenters.